The normalized spacial score (nSPS) is 18.4. The second kappa shape index (κ2) is 8.27. The lowest BCUT2D eigenvalue weighted by Crippen LogP contribution is -2.24. The van der Waals surface area contributed by atoms with Gasteiger partial charge in [-0.2, -0.15) is 0 Å². The minimum atomic E-state index is 0.0350. The molecule has 1 unspecified atom stereocenters. The Morgan fingerprint density at radius 3 is 2.83 bits per heavy atom. The molecule has 0 saturated heterocycles. The van der Waals surface area contributed by atoms with Crippen LogP contribution in [0, 0.1) is 0 Å². The van der Waals surface area contributed by atoms with Gasteiger partial charge in [0, 0.05) is 31.3 Å². The zero-order valence-corrected chi connectivity index (χ0v) is 16.4. The molecule has 0 fully saturated rings. The molecule has 2 aliphatic rings. The third kappa shape index (κ3) is 3.86. The molecule has 0 spiro atoms. The molecule has 29 heavy (non-hydrogen) atoms. The van der Waals surface area contributed by atoms with Gasteiger partial charge in [-0.15, -0.1) is 0 Å². The van der Waals surface area contributed by atoms with E-state index >= 15 is 0 Å². The number of nitrogens with zero attached hydrogens (tertiary/aromatic N) is 3. The van der Waals surface area contributed by atoms with E-state index in [1.54, 1.807) is 6.20 Å². The summed E-state index contributed by atoms with van der Waals surface area (Å²) in [5.41, 5.74) is 5.77. The topological polar surface area (TPSA) is 72.0 Å². The summed E-state index contributed by atoms with van der Waals surface area (Å²) in [6.07, 6.45) is 4.61. The van der Waals surface area contributed by atoms with Crippen molar-refractivity contribution in [3.63, 3.8) is 0 Å². The highest BCUT2D eigenvalue weighted by Crippen LogP contribution is 2.29. The van der Waals surface area contributed by atoms with Gasteiger partial charge in [-0.3, -0.25) is 4.98 Å². The number of hydrogen-bond donors (Lipinski definition) is 2. The summed E-state index contributed by atoms with van der Waals surface area (Å²) >= 11 is 0. The Bertz CT molecular complexity index is 992. The number of benzene rings is 1. The third-order valence-corrected chi connectivity index (χ3v) is 5.62. The van der Waals surface area contributed by atoms with Crippen LogP contribution < -0.4 is 10.6 Å². The molecule has 148 valence electrons. The van der Waals surface area contributed by atoms with Gasteiger partial charge in [0.25, 0.3) is 0 Å². The largest absolute Gasteiger partial charge is 0.371 e. The molecule has 4 heterocycles. The molecule has 0 radical (unpaired) electrons. The van der Waals surface area contributed by atoms with E-state index in [4.69, 9.17) is 14.7 Å². The van der Waals surface area contributed by atoms with Crippen LogP contribution in [-0.2, 0) is 24.0 Å². The molecular formula is C23H25N5O. The fraction of sp³-hybridized carbons (Fsp3) is 0.348. The number of ether oxygens (including phenoxy) is 1. The van der Waals surface area contributed by atoms with Crippen molar-refractivity contribution in [2.24, 2.45) is 0 Å². The highest BCUT2D eigenvalue weighted by Gasteiger charge is 2.22. The Morgan fingerprint density at radius 1 is 1.00 bits per heavy atom. The van der Waals surface area contributed by atoms with E-state index in [1.165, 1.54) is 16.7 Å². The highest BCUT2D eigenvalue weighted by atomic mass is 16.5. The SMILES string of the molecule is c1ccc(-c2nc3c(c(NCC4OCCc5ccccc54)n2)CCNCC3)nc1. The van der Waals surface area contributed by atoms with Crippen LogP contribution in [0.5, 0.6) is 0 Å². The third-order valence-electron chi connectivity index (χ3n) is 5.62. The van der Waals surface area contributed by atoms with E-state index in [-0.39, 0.29) is 6.10 Å². The quantitative estimate of drug-likeness (QED) is 0.717. The fourth-order valence-corrected chi connectivity index (χ4v) is 4.14. The molecule has 1 atom stereocenters. The number of hydrogen-bond acceptors (Lipinski definition) is 6. The first kappa shape index (κ1) is 18.2. The van der Waals surface area contributed by atoms with Crippen LogP contribution in [0.1, 0.15) is 28.5 Å². The average Bonchev–Trinajstić information content (AvgIpc) is 3.03. The number of pyridine rings is 1. The van der Waals surface area contributed by atoms with E-state index < -0.39 is 0 Å². The summed E-state index contributed by atoms with van der Waals surface area (Å²) in [4.78, 5) is 14.2. The highest BCUT2D eigenvalue weighted by molar-refractivity contribution is 5.57. The van der Waals surface area contributed by atoms with E-state index in [2.05, 4.69) is 39.9 Å². The number of aromatic nitrogens is 3. The van der Waals surface area contributed by atoms with Gasteiger partial charge < -0.3 is 15.4 Å². The van der Waals surface area contributed by atoms with E-state index in [9.17, 15) is 0 Å². The molecule has 6 nitrogen and oxygen atoms in total. The summed E-state index contributed by atoms with van der Waals surface area (Å²) in [5, 5.41) is 7.05. The fourth-order valence-electron chi connectivity index (χ4n) is 4.14. The minimum Gasteiger partial charge on any atom is -0.371 e. The molecule has 0 aliphatic carbocycles. The molecule has 5 rings (SSSR count). The maximum Gasteiger partial charge on any atom is 0.180 e. The maximum absolute atomic E-state index is 6.08. The van der Waals surface area contributed by atoms with Gasteiger partial charge in [0.2, 0.25) is 0 Å². The Balaban J connectivity index is 1.46. The monoisotopic (exact) mass is 387 g/mol. The van der Waals surface area contributed by atoms with Gasteiger partial charge >= 0.3 is 0 Å². The van der Waals surface area contributed by atoms with Crippen molar-refractivity contribution in [2.75, 3.05) is 31.6 Å². The molecule has 0 bridgehead atoms. The maximum atomic E-state index is 6.08. The molecule has 6 heteroatoms. The molecule has 1 aromatic carbocycles. The second-order valence-electron chi connectivity index (χ2n) is 7.48. The minimum absolute atomic E-state index is 0.0350. The lowest BCUT2D eigenvalue weighted by atomic mass is 9.97. The van der Waals surface area contributed by atoms with Crippen molar-refractivity contribution in [1.29, 1.82) is 0 Å². The van der Waals surface area contributed by atoms with Gasteiger partial charge in [-0.1, -0.05) is 30.3 Å². The number of nitrogens with one attached hydrogen (secondary N) is 2. The summed E-state index contributed by atoms with van der Waals surface area (Å²) in [5.74, 6) is 1.59. The Kier molecular flexibility index (Phi) is 5.19. The molecule has 0 amide bonds. The average molecular weight is 387 g/mol. The van der Waals surface area contributed by atoms with Crippen LogP contribution in [0.2, 0.25) is 0 Å². The first-order valence-corrected chi connectivity index (χ1v) is 10.3. The standard InChI is InChI=1S/C23H25N5O/c1-2-6-17-16(5-1)10-14-29-21(17)15-26-22-18-8-12-24-13-9-19(18)27-23(28-22)20-7-3-4-11-25-20/h1-7,11,21,24H,8-10,12-15H2,(H,26,27,28). The smallest absolute Gasteiger partial charge is 0.180 e. The molecule has 0 saturated carbocycles. The van der Waals surface area contributed by atoms with Gasteiger partial charge in [-0.25, -0.2) is 9.97 Å². The van der Waals surface area contributed by atoms with Crippen molar-refractivity contribution < 1.29 is 4.74 Å². The summed E-state index contributed by atoms with van der Waals surface area (Å²) in [6.45, 7) is 3.32. The number of rotatable bonds is 4. The number of anilines is 1. The lowest BCUT2D eigenvalue weighted by Gasteiger charge is -2.27. The molecule has 2 N–H and O–H groups in total. The van der Waals surface area contributed by atoms with Crippen molar-refractivity contribution in [3.8, 4) is 11.5 Å². The summed E-state index contributed by atoms with van der Waals surface area (Å²) in [7, 11) is 0. The van der Waals surface area contributed by atoms with Crippen LogP contribution in [0.25, 0.3) is 11.5 Å². The van der Waals surface area contributed by atoms with Crippen LogP contribution in [0.15, 0.2) is 48.7 Å². The van der Waals surface area contributed by atoms with Crippen molar-refractivity contribution in [3.05, 3.63) is 71.0 Å². The summed E-state index contributed by atoms with van der Waals surface area (Å²) < 4.78 is 6.08. The molecule has 3 aromatic rings. The zero-order chi connectivity index (χ0) is 19.5. The summed E-state index contributed by atoms with van der Waals surface area (Å²) in [6, 6.07) is 14.4. The zero-order valence-electron chi connectivity index (χ0n) is 16.4. The van der Waals surface area contributed by atoms with Gasteiger partial charge in [-0.05, 0) is 42.6 Å². The van der Waals surface area contributed by atoms with Crippen molar-refractivity contribution in [1.82, 2.24) is 20.3 Å². The van der Waals surface area contributed by atoms with Crippen LogP contribution in [-0.4, -0.2) is 41.2 Å². The molecular weight excluding hydrogens is 362 g/mol. The van der Waals surface area contributed by atoms with Gasteiger partial charge in [0.1, 0.15) is 11.5 Å². The number of fused-ring (bicyclic) bond motifs is 2. The Morgan fingerprint density at radius 2 is 1.90 bits per heavy atom. The lowest BCUT2D eigenvalue weighted by molar-refractivity contribution is 0.0513. The first-order valence-electron chi connectivity index (χ1n) is 10.3. The second-order valence-corrected chi connectivity index (χ2v) is 7.48. The van der Waals surface area contributed by atoms with E-state index in [1.807, 2.05) is 18.2 Å². The van der Waals surface area contributed by atoms with Crippen molar-refractivity contribution >= 4 is 5.82 Å². The predicted molar refractivity (Wildman–Crippen MR) is 113 cm³/mol. The first-order chi connectivity index (χ1) is 14.4. The Labute approximate surface area is 170 Å². The van der Waals surface area contributed by atoms with Crippen LogP contribution >= 0.6 is 0 Å². The van der Waals surface area contributed by atoms with Gasteiger partial charge in [0.15, 0.2) is 5.82 Å². The van der Waals surface area contributed by atoms with Crippen LogP contribution in [0.3, 0.4) is 0 Å². The molecule has 2 aliphatic heterocycles. The van der Waals surface area contributed by atoms with E-state index in [0.717, 1.165) is 56.2 Å². The molecule has 2 aromatic heterocycles. The van der Waals surface area contributed by atoms with Crippen molar-refractivity contribution in [2.45, 2.75) is 25.4 Å². The van der Waals surface area contributed by atoms with Crippen LogP contribution in [0.4, 0.5) is 5.82 Å². The Hall–Kier alpha value is -2.83. The predicted octanol–water partition coefficient (Wildman–Crippen LogP) is 2.95. The van der Waals surface area contributed by atoms with E-state index in [0.29, 0.717) is 12.4 Å². The van der Waals surface area contributed by atoms with Gasteiger partial charge in [0.05, 0.1) is 18.4 Å².